The number of rotatable bonds is 6. The second kappa shape index (κ2) is 7.04. The minimum atomic E-state index is -0.427. The van der Waals surface area contributed by atoms with Gasteiger partial charge in [0.25, 0.3) is 5.69 Å². The van der Waals surface area contributed by atoms with Gasteiger partial charge in [0.1, 0.15) is 11.6 Å². The Balaban J connectivity index is 2.02. The maximum absolute atomic E-state index is 13.3. The Kier molecular flexibility index (Phi) is 5.11. The van der Waals surface area contributed by atoms with Crippen LogP contribution in [0.5, 0.6) is 5.75 Å². The van der Waals surface area contributed by atoms with Gasteiger partial charge in [-0.2, -0.15) is 0 Å². The summed E-state index contributed by atoms with van der Waals surface area (Å²) < 4.78 is 18.8. The number of hydrogen-bond acceptors (Lipinski definition) is 3. The number of alkyl halides is 1. The van der Waals surface area contributed by atoms with E-state index in [1.165, 1.54) is 18.2 Å². The first-order valence-corrected chi connectivity index (χ1v) is 6.84. The molecule has 2 aromatic rings. The molecule has 2 rings (SSSR count). The summed E-state index contributed by atoms with van der Waals surface area (Å²) in [5.41, 5.74) is 1.26. The molecule has 0 radical (unpaired) electrons. The van der Waals surface area contributed by atoms with Crippen molar-refractivity contribution >= 4 is 17.3 Å². The number of nitro benzene ring substituents is 1. The Labute approximate surface area is 126 Å². The Morgan fingerprint density at radius 2 is 2.00 bits per heavy atom. The molecule has 0 saturated heterocycles. The van der Waals surface area contributed by atoms with Crippen molar-refractivity contribution in [3.05, 3.63) is 69.5 Å². The number of nitro groups is 1. The van der Waals surface area contributed by atoms with Gasteiger partial charge in [0.2, 0.25) is 0 Å². The van der Waals surface area contributed by atoms with Crippen LogP contribution < -0.4 is 4.74 Å². The largest absolute Gasteiger partial charge is 0.493 e. The topological polar surface area (TPSA) is 52.4 Å². The van der Waals surface area contributed by atoms with Crippen LogP contribution in [0.2, 0.25) is 0 Å². The van der Waals surface area contributed by atoms with Gasteiger partial charge < -0.3 is 4.74 Å². The first-order chi connectivity index (χ1) is 10.1. The molecule has 0 atom stereocenters. The molecule has 0 bridgehead atoms. The van der Waals surface area contributed by atoms with Gasteiger partial charge in [0.15, 0.2) is 0 Å². The molecule has 0 aliphatic heterocycles. The molecule has 0 aliphatic rings. The summed E-state index contributed by atoms with van der Waals surface area (Å²) >= 11 is 5.66. The zero-order valence-corrected chi connectivity index (χ0v) is 11.8. The fourth-order valence-corrected chi connectivity index (χ4v) is 2.11. The van der Waals surface area contributed by atoms with E-state index in [0.717, 1.165) is 0 Å². The molecule has 110 valence electrons. The fraction of sp³-hybridized carbons (Fsp3) is 0.200. The predicted octanol–water partition coefficient (Wildman–Crippen LogP) is 4.09. The molecule has 0 fully saturated rings. The monoisotopic (exact) mass is 309 g/mol. The molecule has 4 nitrogen and oxygen atoms in total. The van der Waals surface area contributed by atoms with Crippen LogP contribution in [0.4, 0.5) is 10.1 Å². The maximum atomic E-state index is 13.3. The highest BCUT2D eigenvalue weighted by Crippen LogP contribution is 2.20. The van der Waals surface area contributed by atoms with E-state index < -0.39 is 10.7 Å². The van der Waals surface area contributed by atoms with Crippen molar-refractivity contribution in [1.82, 2.24) is 0 Å². The van der Waals surface area contributed by atoms with Crippen molar-refractivity contribution in [3.63, 3.8) is 0 Å². The number of para-hydroxylation sites is 1. The molecule has 0 heterocycles. The molecular formula is C15H13ClFNO3. The van der Waals surface area contributed by atoms with Crippen LogP contribution in [0.25, 0.3) is 0 Å². The van der Waals surface area contributed by atoms with Crippen molar-refractivity contribution in [3.8, 4) is 5.75 Å². The minimum absolute atomic E-state index is 0.0572. The molecule has 21 heavy (non-hydrogen) atoms. The molecular weight excluding hydrogens is 297 g/mol. The van der Waals surface area contributed by atoms with E-state index in [0.29, 0.717) is 23.3 Å². The Morgan fingerprint density at radius 3 is 2.71 bits per heavy atom. The lowest BCUT2D eigenvalue weighted by Gasteiger charge is -2.08. The van der Waals surface area contributed by atoms with Gasteiger partial charge in [-0.1, -0.05) is 18.2 Å². The Hall–Kier alpha value is -2.14. The summed E-state index contributed by atoms with van der Waals surface area (Å²) in [7, 11) is 0. The Bertz CT molecular complexity index is 649. The van der Waals surface area contributed by atoms with Gasteiger partial charge in [0.05, 0.1) is 11.5 Å². The predicted molar refractivity (Wildman–Crippen MR) is 78.3 cm³/mol. The van der Waals surface area contributed by atoms with Gasteiger partial charge in [-0.3, -0.25) is 10.1 Å². The highest BCUT2D eigenvalue weighted by Gasteiger charge is 2.12. The number of benzene rings is 2. The van der Waals surface area contributed by atoms with Crippen LogP contribution in [0.3, 0.4) is 0 Å². The normalized spacial score (nSPS) is 10.4. The summed E-state index contributed by atoms with van der Waals surface area (Å²) in [6.45, 7) is 0.218. The van der Waals surface area contributed by atoms with Crippen LogP contribution >= 0.6 is 11.6 Å². The second-order valence-electron chi connectivity index (χ2n) is 4.41. The quantitative estimate of drug-likeness (QED) is 0.459. The maximum Gasteiger partial charge on any atom is 0.272 e. The molecule has 0 saturated carbocycles. The molecule has 0 spiro atoms. The summed E-state index contributed by atoms with van der Waals surface area (Å²) in [6, 6.07) is 10.7. The highest BCUT2D eigenvalue weighted by atomic mass is 35.5. The number of halogens is 2. The molecule has 0 aromatic heterocycles. The molecule has 0 N–H and O–H groups in total. The minimum Gasteiger partial charge on any atom is -0.493 e. The Morgan fingerprint density at radius 1 is 1.24 bits per heavy atom. The molecule has 0 amide bonds. The van der Waals surface area contributed by atoms with Gasteiger partial charge in [-0.25, -0.2) is 4.39 Å². The first-order valence-electron chi connectivity index (χ1n) is 6.30. The van der Waals surface area contributed by atoms with E-state index in [4.69, 9.17) is 16.3 Å². The van der Waals surface area contributed by atoms with Gasteiger partial charge in [-0.05, 0) is 17.7 Å². The van der Waals surface area contributed by atoms with Crippen LogP contribution in [-0.4, -0.2) is 11.5 Å². The smallest absolute Gasteiger partial charge is 0.272 e. The van der Waals surface area contributed by atoms with Crippen LogP contribution in [-0.2, 0) is 12.3 Å². The van der Waals surface area contributed by atoms with E-state index in [9.17, 15) is 14.5 Å². The number of nitrogens with zero attached hydrogens (tertiary/aromatic N) is 1. The van der Waals surface area contributed by atoms with Crippen LogP contribution in [0.1, 0.15) is 11.1 Å². The lowest BCUT2D eigenvalue weighted by Crippen LogP contribution is -2.04. The fourth-order valence-electron chi connectivity index (χ4n) is 1.96. The van der Waals surface area contributed by atoms with E-state index in [1.54, 1.807) is 24.3 Å². The average molecular weight is 310 g/mol. The standard InChI is InChI=1S/C15H13ClFNO3/c16-10-11-7-13(17)9-14(8-11)21-6-5-12-3-1-2-4-15(12)18(19)20/h1-4,7-9H,5-6,10H2. The summed E-state index contributed by atoms with van der Waals surface area (Å²) in [6.07, 6.45) is 0.365. The van der Waals surface area contributed by atoms with Gasteiger partial charge in [0, 0.05) is 30.0 Å². The molecule has 0 unspecified atom stereocenters. The summed E-state index contributed by atoms with van der Waals surface area (Å²) in [4.78, 5) is 10.5. The third-order valence-electron chi connectivity index (χ3n) is 2.91. The van der Waals surface area contributed by atoms with Crippen molar-refractivity contribution in [2.24, 2.45) is 0 Å². The second-order valence-corrected chi connectivity index (χ2v) is 4.68. The van der Waals surface area contributed by atoms with Crippen LogP contribution in [0.15, 0.2) is 42.5 Å². The van der Waals surface area contributed by atoms with Crippen molar-refractivity contribution in [2.75, 3.05) is 6.61 Å². The third-order valence-corrected chi connectivity index (χ3v) is 3.22. The van der Waals surface area contributed by atoms with E-state index in [2.05, 4.69) is 0 Å². The van der Waals surface area contributed by atoms with Crippen LogP contribution in [0, 0.1) is 15.9 Å². The molecule has 2 aromatic carbocycles. The summed E-state index contributed by atoms with van der Waals surface area (Å²) in [5.74, 6) is 0.135. The average Bonchev–Trinajstić information content (AvgIpc) is 2.47. The van der Waals surface area contributed by atoms with E-state index in [-0.39, 0.29) is 18.2 Å². The van der Waals surface area contributed by atoms with E-state index >= 15 is 0 Å². The zero-order chi connectivity index (χ0) is 15.2. The lowest BCUT2D eigenvalue weighted by atomic mass is 10.1. The highest BCUT2D eigenvalue weighted by molar-refractivity contribution is 6.17. The van der Waals surface area contributed by atoms with Crippen molar-refractivity contribution in [2.45, 2.75) is 12.3 Å². The van der Waals surface area contributed by atoms with E-state index in [1.807, 2.05) is 0 Å². The lowest BCUT2D eigenvalue weighted by molar-refractivity contribution is -0.385. The molecule has 6 heteroatoms. The van der Waals surface area contributed by atoms with Gasteiger partial charge >= 0.3 is 0 Å². The molecule has 0 aliphatic carbocycles. The summed E-state index contributed by atoms with van der Waals surface area (Å²) in [5, 5.41) is 10.9. The SMILES string of the molecule is O=[N+]([O-])c1ccccc1CCOc1cc(F)cc(CCl)c1. The van der Waals surface area contributed by atoms with Crippen molar-refractivity contribution < 1.29 is 14.1 Å². The number of hydrogen-bond donors (Lipinski definition) is 0. The first kappa shape index (κ1) is 15.3. The van der Waals surface area contributed by atoms with Gasteiger partial charge in [-0.15, -0.1) is 11.6 Å². The third kappa shape index (κ3) is 4.16. The zero-order valence-electron chi connectivity index (χ0n) is 11.1. The number of ether oxygens (including phenoxy) is 1. The van der Waals surface area contributed by atoms with Crippen molar-refractivity contribution in [1.29, 1.82) is 0 Å².